The third-order valence-electron chi connectivity index (χ3n) is 3.93. The Morgan fingerprint density at radius 2 is 2.11 bits per heavy atom. The summed E-state index contributed by atoms with van der Waals surface area (Å²) in [6, 6.07) is 7.20. The van der Waals surface area contributed by atoms with Gasteiger partial charge in [-0.05, 0) is 24.5 Å². The highest BCUT2D eigenvalue weighted by Crippen LogP contribution is 2.28. The minimum atomic E-state index is -0.432. The summed E-state index contributed by atoms with van der Waals surface area (Å²) >= 11 is 0. The molecule has 1 aromatic rings. The summed E-state index contributed by atoms with van der Waals surface area (Å²) in [6.45, 7) is 0.626. The Morgan fingerprint density at radius 3 is 2.84 bits per heavy atom. The van der Waals surface area contributed by atoms with Crippen molar-refractivity contribution < 1.29 is 9.59 Å². The van der Waals surface area contributed by atoms with E-state index in [9.17, 15) is 9.59 Å². The Morgan fingerprint density at radius 1 is 1.32 bits per heavy atom. The van der Waals surface area contributed by atoms with E-state index in [0.717, 1.165) is 17.7 Å². The number of likely N-dealkylation sites (tertiary alicyclic amines) is 1. The fourth-order valence-electron chi connectivity index (χ4n) is 2.97. The van der Waals surface area contributed by atoms with Gasteiger partial charge in [0.1, 0.15) is 12.1 Å². The van der Waals surface area contributed by atoms with Crippen LogP contribution in [0.3, 0.4) is 0 Å². The van der Waals surface area contributed by atoms with Crippen molar-refractivity contribution in [3.63, 3.8) is 0 Å². The van der Waals surface area contributed by atoms with Gasteiger partial charge in [-0.15, -0.1) is 0 Å². The van der Waals surface area contributed by atoms with Crippen molar-refractivity contribution in [1.29, 1.82) is 0 Å². The zero-order valence-electron chi connectivity index (χ0n) is 10.6. The number of carbonyl (C=O) groups is 2. The van der Waals surface area contributed by atoms with Gasteiger partial charge in [-0.2, -0.15) is 0 Å². The zero-order valence-corrected chi connectivity index (χ0v) is 10.6. The predicted molar refractivity (Wildman–Crippen MR) is 71.5 cm³/mol. The van der Waals surface area contributed by atoms with E-state index < -0.39 is 11.9 Å². The van der Waals surface area contributed by atoms with Gasteiger partial charge in [0.25, 0.3) is 0 Å². The van der Waals surface area contributed by atoms with E-state index in [1.54, 1.807) is 4.90 Å². The molecular weight excluding hydrogens is 242 g/mol. The zero-order chi connectivity index (χ0) is 13.4. The SMILES string of the molecule is NC(=O)C1CCCN1C(=O)C1Cc2ccccc2N1. The number of primary amides is 1. The first kappa shape index (κ1) is 12.0. The molecule has 1 saturated heterocycles. The van der Waals surface area contributed by atoms with Gasteiger partial charge < -0.3 is 16.0 Å². The van der Waals surface area contributed by atoms with Crippen molar-refractivity contribution in [1.82, 2.24) is 4.90 Å². The summed E-state index contributed by atoms with van der Waals surface area (Å²) in [5.74, 6) is -0.418. The van der Waals surface area contributed by atoms with Gasteiger partial charge in [0.05, 0.1) is 0 Å². The molecule has 0 bridgehead atoms. The number of amides is 2. The molecule has 0 saturated carbocycles. The molecule has 5 heteroatoms. The number of nitrogens with one attached hydrogen (secondary N) is 1. The smallest absolute Gasteiger partial charge is 0.246 e. The molecule has 2 aliphatic rings. The summed E-state index contributed by atoms with van der Waals surface area (Å²) in [5.41, 5.74) is 7.51. The third kappa shape index (κ3) is 2.05. The second kappa shape index (κ2) is 4.57. The van der Waals surface area contributed by atoms with E-state index in [4.69, 9.17) is 5.73 Å². The number of carbonyl (C=O) groups excluding carboxylic acids is 2. The highest BCUT2D eigenvalue weighted by Gasteiger charge is 2.37. The third-order valence-corrected chi connectivity index (χ3v) is 3.93. The maximum atomic E-state index is 12.5. The minimum absolute atomic E-state index is 0.0162. The quantitative estimate of drug-likeness (QED) is 0.812. The van der Waals surface area contributed by atoms with Gasteiger partial charge in [-0.25, -0.2) is 0 Å². The molecule has 0 spiro atoms. The molecule has 0 aliphatic carbocycles. The molecule has 2 atom stereocenters. The van der Waals surface area contributed by atoms with Gasteiger partial charge in [-0.3, -0.25) is 9.59 Å². The first-order valence-electron chi connectivity index (χ1n) is 6.61. The Bertz CT molecular complexity index is 504. The molecule has 2 heterocycles. The van der Waals surface area contributed by atoms with Crippen LogP contribution in [0.2, 0.25) is 0 Å². The lowest BCUT2D eigenvalue weighted by molar-refractivity contribution is -0.137. The second-order valence-electron chi connectivity index (χ2n) is 5.15. The second-order valence-corrected chi connectivity index (χ2v) is 5.15. The maximum absolute atomic E-state index is 12.5. The van der Waals surface area contributed by atoms with Crippen molar-refractivity contribution in [2.75, 3.05) is 11.9 Å². The van der Waals surface area contributed by atoms with Crippen molar-refractivity contribution in [3.8, 4) is 0 Å². The van der Waals surface area contributed by atoms with Crippen LogP contribution in [0.5, 0.6) is 0 Å². The van der Waals surface area contributed by atoms with Gasteiger partial charge >= 0.3 is 0 Å². The van der Waals surface area contributed by atoms with Crippen LogP contribution in [0.1, 0.15) is 18.4 Å². The average molecular weight is 259 g/mol. The van der Waals surface area contributed by atoms with E-state index >= 15 is 0 Å². The van der Waals surface area contributed by atoms with Crippen molar-refractivity contribution in [3.05, 3.63) is 29.8 Å². The van der Waals surface area contributed by atoms with Crippen LogP contribution in [0.15, 0.2) is 24.3 Å². The van der Waals surface area contributed by atoms with Crippen LogP contribution in [0.25, 0.3) is 0 Å². The average Bonchev–Trinajstić information content (AvgIpc) is 3.04. The van der Waals surface area contributed by atoms with Crippen LogP contribution in [0, 0.1) is 0 Å². The Kier molecular flexibility index (Phi) is 2.89. The number of rotatable bonds is 2. The molecule has 2 unspecified atom stereocenters. The maximum Gasteiger partial charge on any atom is 0.246 e. The van der Waals surface area contributed by atoms with Crippen LogP contribution in [0.4, 0.5) is 5.69 Å². The number of hydrogen-bond acceptors (Lipinski definition) is 3. The molecule has 3 N–H and O–H groups in total. The first-order chi connectivity index (χ1) is 9.16. The van der Waals surface area contributed by atoms with E-state index in [1.807, 2.05) is 24.3 Å². The number of nitrogens with zero attached hydrogens (tertiary/aromatic N) is 1. The number of benzene rings is 1. The molecule has 3 rings (SSSR count). The summed E-state index contributed by atoms with van der Waals surface area (Å²) in [7, 11) is 0. The first-order valence-corrected chi connectivity index (χ1v) is 6.61. The topological polar surface area (TPSA) is 75.4 Å². The van der Waals surface area contributed by atoms with Crippen molar-refractivity contribution in [2.45, 2.75) is 31.3 Å². The summed E-state index contributed by atoms with van der Waals surface area (Å²) < 4.78 is 0. The minimum Gasteiger partial charge on any atom is -0.373 e. The monoisotopic (exact) mass is 259 g/mol. The lowest BCUT2D eigenvalue weighted by Gasteiger charge is -2.25. The van der Waals surface area contributed by atoms with Gasteiger partial charge in [0.15, 0.2) is 0 Å². The standard InChI is InChI=1S/C14H17N3O2/c15-13(18)12-6-3-7-17(12)14(19)11-8-9-4-1-2-5-10(9)16-11/h1-2,4-5,11-12,16H,3,6-8H2,(H2,15,18). The normalized spacial score (nSPS) is 24.9. The van der Waals surface area contributed by atoms with Crippen LogP contribution in [-0.2, 0) is 16.0 Å². The molecule has 1 aromatic carbocycles. The Labute approximate surface area is 111 Å². The number of para-hydroxylation sites is 1. The number of nitrogens with two attached hydrogens (primary N) is 1. The lowest BCUT2D eigenvalue weighted by atomic mass is 10.1. The molecule has 5 nitrogen and oxygen atoms in total. The number of hydrogen-bond donors (Lipinski definition) is 2. The number of fused-ring (bicyclic) bond motifs is 1. The molecule has 100 valence electrons. The van der Waals surface area contributed by atoms with E-state index in [2.05, 4.69) is 5.32 Å². The predicted octanol–water partition coefficient (Wildman–Crippen LogP) is 0.499. The molecular formula is C14H17N3O2. The van der Waals surface area contributed by atoms with E-state index in [0.29, 0.717) is 19.4 Å². The van der Waals surface area contributed by atoms with Crippen molar-refractivity contribution in [2.24, 2.45) is 5.73 Å². The summed E-state index contributed by atoms with van der Waals surface area (Å²) in [5, 5.41) is 3.23. The molecule has 0 radical (unpaired) electrons. The van der Waals surface area contributed by atoms with Gasteiger partial charge in [0.2, 0.25) is 11.8 Å². The number of anilines is 1. The highest BCUT2D eigenvalue weighted by atomic mass is 16.2. The fraction of sp³-hybridized carbons (Fsp3) is 0.429. The Balaban J connectivity index is 1.74. The molecule has 2 aliphatic heterocycles. The summed E-state index contributed by atoms with van der Waals surface area (Å²) in [4.78, 5) is 25.5. The van der Waals surface area contributed by atoms with Crippen LogP contribution in [-0.4, -0.2) is 35.3 Å². The van der Waals surface area contributed by atoms with Crippen LogP contribution < -0.4 is 11.1 Å². The summed E-state index contributed by atoms with van der Waals surface area (Å²) in [6.07, 6.45) is 2.21. The van der Waals surface area contributed by atoms with Gasteiger partial charge in [-0.1, -0.05) is 18.2 Å². The van der Waals surface area contributed by atoms with Gasteiger partial charge in [0, 0.05) is 18.7 Å². The van der Waals surface area contributed by atoms with Crippen LogP contribution >= 0.6 is 0 Å². The molecule has 19 heavy (non-hydrogen) atoms. The molecule has 0 aromatic heterocycles. The van der Waals surface area contributed by atoms with E-state index in [-0.39, 0.29) is 11.9 Å². The lowest BCUT2D eigenvalue weighted by Crippen LogP contribution is -2.49. The van der Waals surface area contributed by atoms with E-state index in [1.165, 1.54) is 0 Å². The fourth-order valence-corrected chi connectivity index (χ4v) is 2.97. The largest absolute Gasteiger partial charge is 0.373 e. The molecule has 1 fully saturated rings. The highest BCUT2D eigenvalue weighted by molar-refractivity contribution is 5.92. The van der Waals surface area contributed by atoms with Crippen molar-refractivity contribution >= 4 is 17.5 Å². The Hall–Kier alpha value is -2.04. The molecule has 2 amide bonds.